The van der Waals surface area contributed by atoms with Crippen molar-refractivity contribution in [1.29, 1.82) is 0 Å². The molecule has 0 spiro atoms. The third-order valence-corrected chi connectivity index (χ3v) is 4.77. The predicted molar refractivity (Wildman–Crippen MR) is 88.9 cm³/mol. The Hall–Kier alpha value is -1.39. The monoisotopic (exact) mass is 301 g/mol. The zero-order chi connectivity index (χ0) is 15.2. The second-order valence-electron chi connectivity index (χ2n) is 6.53. The van der Waals surface area contributed by atoms with E-state index in [-0.39, 0.29) is 5.91 Å². The van der Waals surface area contributed by atoms with E-state index in [9.17, 15) is 4.79 Å². The Balaban J connectivity index is 1.52. The highest BCUT2D eigenvalue weighted by Crippen LogP contribution is 2.18. The van der Waals surface area contributed by atoms with Crippen molar-refractivity contribution in [2.24, 2.45) is 0 Å². The van der Waals surface area contributed by atoms with Crippen LogP contribution in [0.1, 0.15) is 48.0 Å². The van der Waals surface area contributed by atoms with Crippen molar-refractivity contribution in [1.82, 2.24) is 15.5 Å². The number of nitrogens with one attached hydrogen (secondary N) is 2. The van der Waals surface area contributed by atoms with E-state index >= 15 is 0 Å². The molecule has 2 aliphatic rings. The van der Waals surface area contributed by atoms with Crippen LogP contribution < -0.4 is 10.6 Å². The van der Waals surface area contributed by atoms with Gasteiger partial charge < -0.3 is 10.6 Å². The molecule has 1 saturated carbocycles. The Bertz CT molecular complexity index is 474. The molecule has 1 saturated heterocycles. The van der Waals surface area contributed by atoms with Crippen LogP contribution in [0.15, 0.2) is 24.3 Å². The topological polar surface area (TPSA) is 44.4 Å². The van der Waals surface area contributed by atoms with E-state index in [4.69, 9.17) is 0 Å². The van der Waals surface area contributed by atoms with Crippen LogP contribution in [0.25, 0.3) is 0 Å². The van der Waals surface area contributed by atoms with Crippen molar-refractivity contribution >= 4 is 5.91 Å². The summed E-state index contributed by atoms with van der Waals surface area (Å²) in [5, 5.41) is 6.55. The quantitative estimate of drug-likeness (QED) is 0.896. The SMILES string of the molecule is O=C(NC1CCCCC1)c1ccc(CN2CCNCC2)cc1. The van der Waals surface area contributed by atoms with Crippen molar-refractivity contribution in [2.45, 2.75) is 44.7 Å². The van der Waals surface area contributed by atoms with Gasteiger partial charge in [0.05, 0.1) is 0 Å². The third-order valence-electron chi connectivity index (χ3n) is 4.77. The molecule has 0 radical (unpaired) electrons. The number of hydrogen-bond donors (Lipinski definition) is 2. The van der Waals surface area contributed by atoms with Crippen LogP contribution in [-0.2, 0) is 6.54 Å². The van der Waals surface area contributed by atoms with Gasteiger partial charge in [-0.2, -0.15) is 0 Å². The van der Waals surface area contributed by atoms with Crippen molar-refractivity contribution in [3.63, 3.8) is 0 Å². The van der Waals surface area contributed by atoms with Crippen LogP contribution in [0, 0.1) is 0 Å². The van der Waals surface area contributed by atoms with E-state index in [1.54, 1.807) is 0 Å². The lowest BCUT2D eigenvalue weighted by Crippen LogP contribution is -2.42. The smallest absolute Gasteiger partial charge is 0.251 e. The summed E-state index contributed by atoms with van der Waals surface area (Å²) in [6.45, 7) is 5.32. The highest BCUT2D eigenvalue weighted by atomic mass is 16.1. The summed E-state index contributed by atoms with van der Waals surface area (Å²) >= 11 is 0. The molecule has 22 heavy (non-hydrogen) atoms. The predicted octanol–water partition coefficient (Wildman–Crippen LogP) is 2.15. The van der Waals surface area contributed by atoms with Crippen LogP contribution in [0.5, 0.6) is 0 Å². The maximum atomic E-state index is 12.3. The Morgan fingerprint density at radius 1 is 1.09 bits per heavy atom. The van der Waals surface area contributed by atoms with Gasteiger partial charge in [-0.1, -0.05) is 31.4 Å². The zero-order valence-corrected chi connectivity index (χ0v) is 13.3. The van der Waals surface area contributed by atoms with Gasteiger partial charge in [0.1, 0.15) is 0 Å². The van der Waals surface area contributed by atoms with E-state index in [1.807, 2.05) is 12.1 Å². The first-order valence-electron chi connectivity index (χ1n) is 8.64. The molecule has 0 aromatic heterocycles. The zero-order valence-electron chi connectivity index (χ0n) is 13.3. The third kappa shape index (κ3) is 4.31. The minimum Gasteiger partial charge on any atom is -0.349 e. The second-order valence-corrected chi connectivity index (χ2v) is 6.53. The molecule has 1 aromatic carbocycles. The number of amides is 1. The molecule has 0 bridgehead atoms. The minimum absolute atomic E-state index is 0.0839. The minimum atomic E-state index is 0.0839. The molecule has 2 N–H and O–H groups in total. The average Bonchev–Trinajstić information content (AvgIpc) is 2.57. The molecule has 0 atom stereocenters. The number of rotatable bonds is 4. The molecule has 1 aliphatic carbocycles. The molecule has 1 aliphatic heterocycles. The number of carbonyl (C=O) groups is 1. The van der Waals surface area contributed by atoms with E-state index in [2.05, 4.69) is 27.7 Å². The molecule has 0 unspecified atom stereocenters. The highest BCUT2D eigenvalue weighted by Gasteiger charge is 2.16. The summed E-state index contributed by atoms with van der Waals surface area (Å²) in [6, 6.07) is 8.50. The summed E-state index contributed by atoms with van der Waals surface area (Å²) in [4.78, 5) is 14.7. The maximum absolute atomic E-state index is 12.3. The summed E-state index contributed by atoms with van der Waals surface area (Å²) in [6.07, 6.45) is 6.07. The van der Waals surface area contributed by atoms with Crippen molar-refractivity contribution in [3.05, 3.63) is 35.4 Å². The second kappa shape index (κ2) is 7.75. The molecule has 3 rings (SSSR count). The van der Waals surface area contributed by atoms with Gasteiger partial charge in [-0.05, 0) is 30.5 Å². The summed E-state index contributed by atoms with van der Waals surface area (Å²) in [5.74, 6) is 0.0839. The van der Waals surface area contributed by atoms with Gasteiger partial charge in [-0.25, -0.2) is 0 Å². The van der Waals surface area contributed by atoms with E-state index < -0.39 is 0 Å². The summed E-state index contributed by atoms with van der Waals surface area (Å²) < 4.78 is 0. The molecule has 120 valence electrons. The molecule has 1 amide bonds. The van der Waals surface area contributed by atoms with Crippen LogP contribution in [-0.4, -0.2) is 43.0 Å². The van der Waals surface area contributed by atoms with Gasteiger partial charge in [0.2, 0.25) is 0 Å². The fraction of sp³-hybridized carbons (Fsp3) is 0.611. The molecule has 1 aromatic rings. The number of piperazine rings is 1. The first kappa shape index (κ1) is 15.5. The lowest BCUT2D eigenvalue weighted by Gasteiger charge is -2.27. The molecule has 4 heteroatoms. The van der Waals surface area contributed by atoms with Crippen LogP contribution >= 0.6 is 0 Å². The van der Waals surface area contributed by atoms with Gasteiger partial charge in [0, 0.05) is 44.3 Å². The van der Waals surface area contributed by atoms with Crippen molar-refractivity contribution in [2.75, 3.05) is 26.2 Å². The van der Waals surface area contributed by atoms with Crippen LogP contribution in [0.3, 0.4) is 0 Å². The lowest BCUT2D eigenvalue weighted by atomic mass is 9.95. The van der Waals surface area contributed by atoms with E-state index in [0.717, 1.165) is 51.1 Å². The number of nitrogens with zero attached hydrogens (tertiary/aromatic N) is 1. The lowest BCUT2D eigenvalue weighted by molar-refractivity contribution is 0.0927. The number of benzene rings is 1. The summed E-state index contributed by atoms with van der Waals surface area (Å²) in [5.41, 5.74) is 2.07. The Kier molecular flexibility index (Phi) is 5.46. The number of hydrogen-bond acceptors (Lipinski definition) is 3. The normalized spacial score (nSPS) is 20.7. The standard InChI is InChI=1S/C18H27N3O/c22-18(20-17-4-2-1-3-5-17)16-8-6-15(7-9-16)14-21-12-10-19-11-13-21/h6-9,17,19H,1-5,10-14H2,(H,20,22). The van der Waals surface area contributed by atoms with E-state index in [0.29, 0.717) is 6.04 Å². The van der Waals surface area contributed by atoms with Gasteiger partial charge in [0.15, 0.2) is 0 Å². The van der Waals surface area contributed by atoms with Crippen LogP contribution in [0.4, 0.5) is 0 Å². The first-order chi connectivity index (χ1) is 10.8. The molecule has 2 fully saturated rings. The Morgan fingerprint density at radius 3 is 2.45 bits per heavy atom. The van der Waals surface area contributed by atoms with E-state index in [1.165, 1.54) is 24.8 Å². The van der Waals surface area contributed by atoms with Gasteiger partial charge in [0.25, 0.3) is 5.91 Å². The van der Waals surface area contributed by atoms with Crippen LogP contribution in [0.2, 0.25) is 0 Å². The maximum Gasteiger partial charge on any atom is 0.251 e. The Morgan fingerprint density at radius 2 is 1.77 bits per heavy atom. The fourth-order valence-electron chi connectivity index (χ4n) is 3.40. The number of carbonyl (C=O) groups excluding carboxylic acids is 1. The largest absolute Gasteiger partial charge is 0.349 e. The van der Waals surface area contributed by atoms with Crippen molar-refractivity contribution in [3.8, 4) is 0 Å². The molecular formula is C18H27N3O. The van der Waals surface area contributed by atoms with Gasteiger partial charge in [-0.15, -0.1) is 0 Å². The molecule has 1 heterocycles. The van der Waals surface area contributed by atoms with Crippen molar-refractivity contribution < 1.29 is 4.79 Å². The first-order valence-corrected chi connectivity index (χ1v) is 8.64. The molecular weight excluding hydrogens is 274 g/mol. The van der Waals surface area contributed by atoms with Gasteiger partial charge >= 0.3 is 0 Å². The Labute approximate surface area is 133 Å². The molecule has 4 nitrogen and oxygen atoms in total. The summed E-state index contributed by atoms with van der Waals surface area (Å²) in [7, 11) is 0. The average molecular weight is 301 g/mol. The highest BCUT2D eigenvalue weighted by molar-refractivity contribution is 5.94. The fourth-order valence-corrected chi connectivity index (χ4v) is 3.40. The van der Waals surface area contributed by atoms with Gasteiger partial charge in [-0.3, -0.25) is 9.69 Å².